The van der Waals surface area contributed by atoms with Crippen molar-refractivity contribution in [2.45, 2.75) is 13.5 Å². The van der Waals surface area contributed by atoms with Gasteiger partial charge in [-0.15, -0.1) is 0 Å². The monoisotopic (exact) mass is 237 g/mol. The summed E-state index contributed by atoms with van der Waals surface area (Å²) < 4.78 is 28.4. The van der Waals surface area contributed by atoms with Gasteiger partial charge in [-0.2, -0.15) is 5.10 Å². The Kier molecular flexibility index (Phi) is 2.93. The number of hydrogen-bond acceptors (Lipinski definition) is 2. The smallest absolute Gasteiger partial charge is 0.132 e. The highest BCUT2D eigenvalue weighted by Gasteiger charge is 2.16. The fourth-order valence-corrected chi connectivity index (χ4v) is 1.88. The highest BCUT2D eigenvalue weighted by atomic mass is 19.1. The van der Waals surface area contributed by atoms with Gasteiger partial charge in [-0.25, -0.2) is 8.78 Å². The molecule has 0 aliphatic carbocycles. The minimum Gasteiger partial charge on any atom is -0.325 e. The summed E-state index contributed by atoms with van der Waals surface area (Å²) in [4.78, 5) is 0. The van der Waals surface area contributed by atoms with Gasteiger partial charge in [0.25, 0.3) is 0 Å². The lowest BCUT2D eigenvalue weighted by molar-refractivity contribution is 0.602. The molecule has 3 nitrogen and oxygen atoms in total. The lowest BCUT2D eigenvalue weighted by atomic mass is 10.1. The second kappa shape index (κ2) is 4.25. The number of nitrogens with two attached hydrogens (primary N) is 1. The summed E-state index contributed by atoms with van der Waals surface area (Å²) in [6, 6.07) is 3.33. The summed E-state index contributed by atoms with van der Waals surface area (Å²) in [5.74, 6) is -0.975. The predicted octanol–water partition coefficient (Wildman–Crippen LogP) is 2.13. The Morgan fingerprint density at radius 1 is 1.35 bits per heavy atom. The van der Waals surface area contributed by atoms with Gasteiger partial charge in [0.15, 0.2) is 0 Å². The quantitative estimate of drug-likeness (QED) is 0.869. The third-order valence-electron chi connectivity index (χ3n) is 2.81. The first-order valence-corrected chi connectivity index (χ1v) is 5.22. The van der Waals surface area contributed by atoms with Crippen LogP contribution in [0.2, 0.25) is 0 Å². The zero-order valence-electron chi connectivity index (χ0n) is 9.67. The van der Waals surface area contributed by atoms with Crippen molar-refractivity contribution >= 4 is 0 Å². The van der Waals surface area contributed by atoms with Gasteiger partial charge in [0.2, 0.25) is 0 Å². The molecule has 0 saturated heterocycles. The maximum absolute atomic E-state index is 13.6. The summed E-state index contributed by atoms with van der Waals surface area (Å²) in [6.07, 6.45) is 0. The number of benzene rings is 1. The van der Waals surface area contributed by atoms with Gasteiger partial charge in [-0.1, -0.05) is 0 Å². The van der Waals surface area contributed by atoms with Crippen molar-refractivity contribution in [1.29, 1.82) is 0 Å². The molecule has 2 rings (SSSR count). The highest BCUT2D eigenvalue weighted by Crippen LogP contribution is 2.27. The molecule has 1 heterocycles. The average Bonchev–Trinajstić information content (AvgIpc) is 2.57. The van der Waals surface area contributed by atoms with E-state index in [1.54, 1.807) is 18.7 Å². The van der Waals surface area contributed by atoms with Crippen molar-refractivity contribution in [1.82, 2.24) is 9.78 Å². The topological polar surface area (TPSA) is 43.8 Å². The van der Waals surface area contributed by atoms with Gasteiger partial charge in [0.05, 0.1) is 11.4 Å². The van der Waals surface area contributed by atoms with Crippen molar-refractivity contribution in [2.24, 2.45) is 12.8 Å². The third-order valence-corrected chi connectivity index (χ3v) is 2.81. The average molecular weight is 237 g/mol. The van der Waals surface area contributed by atoms with Crippen molar-refractivity contribution in [2.75, 3.05) is 0 Å². The van der Waals surface area contributed by atoms with E-state index in [1.807, 2.05) is 0 Å². The van der Waals surface area contributed by atoms with Crippen LogP contribution in [0, 0.1) is 18.6 Å². The number of aromatic nitrogens is 2. The minimum atomic E-state index is -0.490. The first kappa shape index (κ1) is 11.7. The third kappa shape index (κ3) is 1.93. The van der Waals surface area contributed by atoms with E-state index < -0.39 is 11.6 Å². The summed E-state index contributed by atoms with van der Waals surface area (Å²) in [6.45, 7) is 2.11. The van der Waals surface area contributed by atoms with E-state index in [-0.39, 0.29) is 5.56 Å². The molecule has 0 bridgehead atoms. The molecule has 0 unspecified atom stereocenters. The first-order chi connectivity index (χ1) is 8.04. The molecule has 0 radical (unpaired) electrons. The van der Waals surface area contributed by atoms with E-state index in [0.29, 0.717) is 12.2 Å². The van der Waals surface area contributed by atoms with Crippen LogP contribution in [0.3, 0.4) is 0 Å². The number of nitrogens with zero attached hydrogens (tertiary/aromatic N) is 2. The van der Waals surface area contributed by atoms with E-state index >= 15 is 0 Å². The Balaban J connectivity index is 2.64. The van der Waals surface area contributed by atoms with Gasteiger partial charge >= 0.3 is 0 Å². The van der Waals surface area contributed by atoms with Crippen LogP contribution < -0.4 is 5.73 Å². The number of hydrogen-bond donors (Lipinski definition) is 1. The first-order valence-electron chi connectivity index (χ1n) is 5.22. The van der Waals surface area contributed by atoms with Crippen molar-refractivity contribution in [3.63, 3.8) is 0 Å². The molecular formula is C12H13F2N3. The van der Waals surface area contributed by atoms with E-state index in [0.717, 1.165) is 29.5 Å². The van der Waals surface area contributed by atoms with Gasteiger partial charge in [-0.3, -0.25) is 4.68 Å². The van der Waals surface area contributed by atoms with Crippen molar-refractivity contribution < 1.29 is 8.78 Å². The van der Waals surface area contributed by atoms with E-state index in [4.69, 9.17) is 5.73 Å². The second-order valence-corrected chi connectivity index (χ2v) is 3.87. The maximum Gasteiger partial charge on any atom is 0.132 e. The Morgan fingerprint density at radius 3 is 2.65 bits per heavy atom. The summed E-state index contributed by atoms with van der Waals surface area (Å²) in [7, 11) is 1.73. The number of aryl methyl sites for hydroxylation is 1. The molecule has 1 aromatic heterocycles. The normalized spacial score (nSPS) is 10.9. The molecule has 1 aromatic carbocycles. The van der Waals surface area contributed by atoms with Crippen LogP contribution in [0.1, 0.15) is 11.3 Å². The van der Waals surface area contributed by atoms with Gasteiger partial charge in [0.1, 0.15) is 11.6 Å². The minimum absolute atomic E-state index is 0.165. The molecule has 2 aromatic rings. The molecule has 0 amide bonds. The Hall–Kier alpha value is -1.75. The number of halogens is 2. The van der Waals surface area contributed by atoms with Gasteiger partial charge in [0, 0.05) is 19.2 Å². The van der Waals surface area contributed by atoms with Crippen LogP contribution in [0.5, 0.6) is 0 Å². The zero-order valence-corrected chi connectivity index (χ0v) is 9.67. The van der Waals surface area contributed by atoms with Gasteiger partial charge in [-0.05, 0) is 30.7 Å². The fourth-order valence-electron chi connectivity index (χ4n) is 1.88. The van der Waals surface area contributed by atoms with Crippen LogP contribution in [0.25, 0.3) is 11.3 Å². The van der Waals surface area contributed by atoms with Crippen molar-refractivity contribution in [3.05, 3.63) is 41.1 Å². The van der Waals surface area contributed by atoms with E-state index in [2.05, 4.69) is 5.10 Å². The lowest BCUT2D eigenvalue weighted by Gasteiger charge is -2.01. The summed E-state index contributed by atoms with van der Waals surface area (Å²) >= 11 is 0. The SMILES string of the molecule is Cc1c(-c2cc(F)ccc2F)nn(C)c1CN. The Labute approximate surface area is 97.9 Å². The highest BCUT2D eigenvalue weighted by molar-refractivity contribution is 5.64. The molecule has 2 N–H and O–H groups in total. The Morgan fingerprint density at radius 2 is 2.06 bits per heavy atom. The second-order valence-electron chi connectivity index (χ2n) is 3.87. The molecule has 0 aliphatic rings. The van der Waals surface area contributed by atoms with Crippen LogP contribution in [0.15, 0.2) is 18.2 Å². The molecule has 90 valence electrons. The molecular weight excluding hydrogens is 224 g/mol. The molecule has 0 aliphatic heterocycles. The predicted molar refractivity (Wildman–Crippen MR) is 61.2 cm³/mol. The van der Waals surface area contributed by atoms with E-state index in [1.165, 1.54) is 0 Å². The number of rotatable bonds is 2. The molecule has 5 heteroatoms. The molecule has 0 saturated carbocycles. The molecule has 0 spiro atoms. The van der Waals surface area contributed by atoms with Gasteiger partial charge < -0.3 is 5.73 Å². The summed E-state index contributed by atoms with van der Waals surface area (Å²) in [5.41, 5.74) is 7.77. The summed E-state index contributed by atoms with van der Waals surface area (Å²) in [5, 5.41) is 4.18. The van der Waals surface area contributed by atoms with Crippen molar-refractivity contribution in [3.8, 4) is 11.3 Å². The maximum atomic E-state index is 13.6. The Bertz CT molecular complexity index is 561. The van der Waals surface area contributed by atoms with Crippen LogP contribution in [-0.2, 0) is 13.6 Å². The molecule has 17 heavy (non-hydrogen) atoms. The molecule has 0 atom stereocenters. The van der Waals surface area contributed by atoms with Crippen LogP contribution >= 0.6 is 0 Å². The zero-order chi connectivity index (χ0) is 12.6. The van der Waals surface area contributed by atoms with Crippen LogP contribution in [-0.4, -0.2) is 9.78 Å². The molecule has 0 fully saturated rings. The fraction of sp³-hybridized carbons (Fsp3) is 0.250. The standard InChI is InChI=1S/C12H13F2N3/c1-7-11(6-15)17(2)16-12(7)9-5-8(13)3-4-10(9)14/h3-5H,6,15H2,1-2H3. The largest absolute Gasteiger partial charge is 0.325 e. The lowest BCUT2D eigenvalue weighted by Crippen LogP contribution is -2.05. The van der Waals surface area contributed by atoms with Crippen LogP contribution in [0.4, 0.5) is 8.78 Å². The van der Waals surface area contributed by atoms with E-state index in [9.17, 15) is 8.78 Å².